The number of hydrogen-bond acceptors (Lipinski definition) is 0. The molecule has 1 aliphatic rings. The molecule has 0 unspecified atom stereocenters. The topological polar surface area (TPSA) is 0 Å². The Morgan fingerprint density at radius 2 is 1.53 bits per heavy atom. The average Bonchev–Trinajstić information content (AvgIpc) is 2.27. The fraction of sp³-hybridized carbons (Fsp3) is 0.529. The van der Waals surface area contributed by atoms with Crippen molar-refractivity contribution in [1.82, 2.24) is 0 Å². The van der Waals surface area contributed by atoms with E-state index in [4.69, 9.17) is 0 Å². The van der Waals surface area contributed by atoms with Gasteiger partial charge in [0.2, 0.25) is 0 Å². The normalized spacial score (nSPS) is 15.3. The molecule has 0 saturated carbocycles. The van der Waals surface area contributed by atoms with E-state index < -0.39 is 0 Å². The molecule has 0 heteroatoms. The zero-order valence-electron chi connectivity index (χ0n) is 11.9. The Bertz CT molecular complexity index is 476. The van der Waals surface area contributed by atoms with E-state index in [1.54, 1.807) is 16.7 Å². The summed E-state index contributed by atoms with van der Waals surface area (Å²) < 4.78 is 0. The van der Waals surface area contributed by atoms with E-state index in [1.807, 2.05) is 0 Å². The van der Waals surface area contributed by atoms with Crippen LogP contribution in [0.5, 0.6) is 0 Å². The van der Waals surface area contributed by atoms with Crippen LogP contribution in [-0.2, 0) is 12.8 Å². The van der Waals surface area contributed by atoms with Crippen LogP contribution in [0.1, 0.15) is 59.6 Å². The Morgan fingerprint density at radius 1 is 0.882 bits per heavy atom. The van der Waals surface area contributed by atoms with Crippen LogP contribution in [0.25, 0.3) is 0 Å². The molecule has 0 fully saturated rings. The molecular formula is C17H24. The van der Waals surface area contributed by atoms with Gasteiger partial charge in [-0.05, 0) is 79.3 Å². The molecule has 0 N–H and O–H groups in total. The molecule has 1 aromatic carbocycles. The summed E-state index contributed by atoms with van der Waals surface area (Å²) >= 11 is 0. The van der Waals surface area contributed by atoms with Crippen molar-refractivity contribution >= 4 is 0 Å². The van der Waals surface area contributed by atoms with Crippen molar-refractivity contribution in [2.75, 3.05) is 0 Å². The van der Waals surface area contributed by atoms with Gasteiger partial charge in [-0.2, -0.15) is 0 Å². The van der Waals surface area contributed by atoms with Gasteiger partial charge in [-0.15, -0.1) is 0 Å². The molecule has 2 rings (SSSR count). The number of benzene rings is 1. The molecule has 1 aromatic rings. The lowest BCUT2D eigenvalue weighted by Crippen LogP contribution is -2.14. The zero-order chi connectivity index (χ0) is 12.7. The zero-order valence-corrected chi connectivity index (χ0v) is 11.9. The van der Waals surface area contributed by atoms with Crippen LogP contribution in [-0.4, -0.2) is 0 Å². The first-order chi connectivity index (χ1) is 7.93. The number of rotatable bonds is 1. The molecule has 0 bridgehead atoms. The molecule has 0 saturated heterocycles. The van der Waals surface area contributed by atoms with Gasteiger partial charge in [0, 0.05) is 0 Å². The van der Waals surface area contributed by atoms with Gasteiger partial charge in [-0.3, -0.25) is 0 Å². The molecule has 92 valence electrons. The number of fused-ring (bicyclic) bond motifs is 1. The molecule has 17 heavy (non-hydrogen) atoms. The van der Waals surface area contributed by atoms with Crippen LogP contribution < -0.4 is 0 Å². The Morgan fingerprint density at radius 3 is 2.12 bits per heavy atom. The maximum absolute atomic E-state index is 4.18. The van der Waals surface area contributed by atoms with Crippen LogP contribution in [0, 0.1) is 20.8 Å². The van der Waals surface area contributed by atoms with E-state index in [0.29, 0.717) is 5.92 Å². The molecule has 0 atom stereocenters. The SMILES string of the molecule is C=C1CCc2c(c(C)c(C)c(C)c2C(C)C)C1. The summed E-state index contributed by atoms with van der Waals surface area (Å²) in [6, 6.07) is 0. The lowest BCUT2D eigenvalue weighted by atomic mass is 9.77. The van der Waals surface area contributed by atoms with Crippen LogP contribution in [0.4, 0.5) is 0 Å². The highest BCUT2D eigenvalue weighted by molar-refractivity contribution is 5.54. The summed E-state index contributed by atoms with van der Waals surface area (Å²) in [4.78, 5) is 0. The van der Waals surface area contributed by atoms with Gasteiger partial charge in [0.05, 0.1) is 0 Å². The Labute approximate surface area is 106 Å². The lowest BCUT2D eigenvalue weighted by molar-refractivity contribution is 0.768. The van der Waals surface area contributed by atoms with Crippen LogP contribution in [0.2, 0.25) is 0 Å². The van der Waals surface area contributed by atoms with E-state index in [1.165, 1.54) is 35.1 Å². The van der Waals surface area contributed by atoms with Gasteiger partial charge >= 0.3 is 0 Å². The van der Waals surface area contributed by atoms with Crippen molar-refractivity contribution in [2.45, 2.75) is 59.8 Å². The van der Waals surface area contributed by atoms with Crippen molar-refractivity contribution in [3.05, 3.63) is 45.5 Å². The molecule has 1 aliphatic carbocycles. The smallest absolute Gasteiger partial charge is 0.00641 e. The first-order valence-electron chi connectivity index (χ1n) is 6.71. The van der Waals surface area contributed by atoms with Gasteiger partial charge in [-0.25, -0.2) is 0 Å². The van der Waals surface area contributed by atoms with E-state index in [-0.39, 0.29) is 0 Å². The molecular weight excluding hydrogens is 204 g/mol. The second-order valence-electron chi connectivity index (χ2n) is 5.83. The third-order valence-corrected chi connectivity index (χ3v) is 4.40. The van der Waals surface area contributed by atoms with Gasteiger partial charge in [0.1, 0.15) is 0 Å². The number of hydrogen-bond donors (Lipinski definition) is 0. The first kappa shape index (κ1) is 12.4. The van der Waals surface area contributed by atoms with Gasteiger partial charge < -0.3 is 0 Å². The summed E-state index contributed by atoms with van der Waals surface area (Å²) in [6.07, 6.45) is 3.47. The highest BCUT2D eigenvalue weighted by Gasteiger charge is 2.22. The second-order valence-corrected chi connectivity index (χ2v) is 5.83. The molecule has 0 spiro atoms. The molecule has 0 radical (unpaired) electrons. The lowest BCUT2D eigenvalue weighted by Gasteiger charge is -2.28. The summed E-state index contributed by atoms with van der Waals surface area (Å²) in [7, 11) is 0. The van der Waals surface area contributed by atoms with Crippen molar-refractivity contribution in [3.8, 4) is 0 Å². The maximum atomic E-state index is 4.18. The Balaban J connectivity index is 2.74. The summed E-state index contributed by atoms with van der Waals surface area (Å²) in [6.45, 7) is 15.7. The predicted octanol–water partition coefficient (Wildman–Crippen LogP) is 4.78. The number of allylic oxidation sites excluding steroid dienone is 1. The summed E-state index contributed by atoms with van der Waals surface area (Å²) in [5.41, 5.74) is 10.7. The summed E-state index contributed by atoms with van der Waals surface area (Å²) in [5, 5.41) is 0. The fourth-order valence-electron chi connectivity index (χ4n) is 3.27. The van der Waals surface area contributed by atoms with E-state index in [0.717, 1.165) is 6.42 Å². The minimum absolute atomic E-state index is 0.634. The predicted molar refractivity (Wildman–Crippen MR) is 75.9 cm³/mol. The highest BCUT2D eigenvalue weighted by Crippen LogP contribution is 2.37. The summed E-state index contributed by atoms with van der Waals surface area (Å²) in [5.74, 6) is 0.634. The van der Waals surface area contributed by atoms with Gasteiger partial charge in [0.25, 0.3) is 0 Å². The van der Waals surface area contributed by atoms with Crippen molar-refractivity contribution < 1.29 is 0 Å². The standard InChI is InChI=1S/C17H24/c1-10(2)17-14(6)12(4)13(5)16-9-11(3)7-8-15(16)17/h10H,3,7-9H2,1-2,4-6H3. The maximum Gasteiger partial charge on any atom is -0.00641 e. The Kier molecular flexibility index (Phi) is 3.16. The van der Waals surface area contributed by atoms with E-state index >= 15 is 0 Å². The van der Waals surface area contributed by atoms with E-state index in [9.17, 15) is 0 Å². The molecule has 0 nitrogen and oxygen atoms in total. The Hall–Kier alpha value is -1.04. The largest absolute Gasteiger partial charge is 0.0995 e. The third-order valence-electron chi connectivity index (χ3n) is 4.40. The van der Waals surface area contributed by atoms with E-state index in [2.05, 4.69) is 41.2 Å². The fourth-order valence-corrected chi connectivity index (χ4v) is 3.27. The van der Waals surface area contributed by atoms with Crippen LogP contribution in [0.3, 0.4) is 0 Å². The molecule has 0 amide bonds. The van der Waals surface area contributed by atoms with Crippen molar-refractivity contribution in [2.24, 2.45) is 0 Å². The quantitative estimate of drug-likeness (QED) is 0.607. The average molecular weight is 228 g/mol. The van der Waals surface area contributed by atoms with Gasteiger partial charge in [-0.1, -0.05) is 26.0 Å². The molecule has 0 aliphatic heterocycles. The van der Waals surface area contributed by atoms with Crippen molar-refractivity contribution in [3.63, 3.8) is 0 Å². The molecule has 0 aromatic heterocycles. The monoisotopic (exact) mass is 228 g/mol. The first-order valence-corrected chi connectivity index (χ1v) is 6.71. The van der Waals surface area contributed by atoms with Crippen molar-refractivity contribution in [1.29, 1.82) is 0 Å². The van der Waals surface area contributed by atoms with Crippen LogP contribution >= 0.6 is 0 Å². The third kappa shape index (κ3) is 1.94. The minimum Gasteiger partial charge on any atom is -0.0995 e. The molecule has 0 heterocycles. The van der Waals surface area contributed by atoms with Crippen LogP contribution in [0.15, 0.2) is 12.2 Å². The van der Waals surface area contributed by atoms with Gasteiger partial charge in [0.15, 0.2) is 0 Å². The minimum atomic E-state index is 0.634. The highest BCUT2D eigenvalue weighted by atomic mass is 14.3. The second kappa shape index (κ2) is 4.33.